The zero-order chi connectivity index (χ0) is 19.1. The molecule has 2 aliphatic rings. The molecule has 2 aromatic rings. The minimum Gasteiger partial charge on any atom is -0.507 e. The number of ketones is 1. The van der Waals surface area contributed by atoms with E-state index in [1.165, 1.54) is 0 Å². The van der Waals surface area contributed by atoms with Crippen molar-refractivity contribution in [2.24, 2.45) is 0 Å². The van der Waals surface area contributed by atoms with Crippen molar-refractivity contribution in [3.8, 4) is 11.5 Å². The van der Waals surface area contributed by atoms with Gasteiger partial charge in [-0.25, -0.2) is 0 Å². The zero-order valence-corrected chi connectivity index (χ0v) is 16.4. The molecule has 1 saturated heterocycles. The summed E-state index contributed by atoms with van der Waals surface area (Å²) in [5, 5.41) is 11.4. The molecule has 0 bridgehead atoms. The molecule has 0 unspecified atom stereocenters. The molecule has 0 radical (unpaired) electrons. The van der Waals surface area contributed by atoms with Gasteiger partial charge in [-0.15, -0.1) is 0 Å². The van der Waals surface area contributed by atoms with Crippen LogP contribution < -0.4 is 4.74 Å². The summed E-state index contributed by atoms with van der Waals surface area (Å²) in [5.74, 6) is 0.624. The van der Waals surface area contributed by atoms with Crippen LogP contribution in [0.4, 0.5) is 0 Å². The average Bonchev–Trinajstić information content (AvgIpc) is 3.22. The van der Waals surface area contributed by atoms with Gasteiger partial charge in [-0.2, -0.15) is 0 Å². The van der Waals surface area contributed by atoms with Crippen molar-refractivity contribution in [2.45, 2.75) is 26.3 Å². The van der Waals surface area contributed by atoms with Crippen LogP contribution >= 0.6 is 23.2 Å². The number of hydrogen-bond acceptors (Lipinski definition) is 4. The first-order chi connectivity index (χ1) is 12.9. The number of hydrogen-bond donors (Lipinski definition) is 1. The Morgan fingerprint density at radius 2 is 1.96 bits per heavy atom. The number of carbonyl (C=O) groups excluding carboxylic acids is 1. The molecule has 2 heterocycles. The van der Waals surface area contributed by atoms with E-state index < -0.39 is 0 Å². The summed E-state index contributed by atoms with van der Waals surface area (Å²) < 4.78 is 5.94. The zero-order valence-electron chi connectivity index (χ0n) is 14.9. The summed E-state index contributed by atoms with van der Waals surface area (Å²) in [5.41, 5.74) is 2.53. The lowest BCUT2D eigenvalue weighted by atomic mass is 9.99. The number of benzene rings is 2. The number of nitrogens with zero attached hydrogens (tertiary/aromatic N) is 1. The SMILES string of the molecule is Cc1cc(O)c(CN2CCCC2)c2c1C(=O)/C(=C/c1ccc(Cl)cc1Cl)O2. The van der Waals surface area contributed by atoms with Crippen molar-refractivity contribution in [1.82, 2.24) is 4.90 Å². The monoisotopic (exact) mass is 403 g/mol. The average molecular weight is 404 g/mol. The molecule has 4 rings (SSSR count). The number of ether oxygens (including phenoxy) is 1. The van der Waals surface area contributed by atoms with Gasteiger partial charge in [0.1, 0.15) is 11.5 Å². The Labute approximate surface area is 168 Å². The number of phenolic OH excluding ortho intramolecular Hbond substituents is 1. The summed E-state index contributed by atoms with van der Waals surface area (Å²) in [6.07, 6.45) is 3.92. The molecule has 2 aromatic carbocycles. The third-order valence-electron chi connectivity index (χ3n) is 5.05. The fourth-order valence-electron chi connectivity index (χ4n) is 3.66. The highest BCUT2D eigenvalue weighted by atomic mass is 35.5. The summed E-state index contributed by atoms with van der Waals surface area (Å²) in [4.78, 5) is 15.2. The lowest BCUT2D eigenvalue weighted by Crippen LogP contribution is -2.19. The molecule has 1 N–H and O–H groups in total. The second-order valence-corrected chi connectivity index (χ2v) is 7.83. The normalized spacial score (nSPS) is 18.2. The highest BCUT2D eigenvalue weighted by molar-refractivity contribution is 6.35. The first-order valence-corrected chi connectivity index (χ1v) is 9.66. The molecule has 6 heteroatoms. The number of aryl methyl sites for hydroxylation is 1. The van der Waals surface area contributed by atoms with Crippen LogP contribution in [0.3, 0.4) is 0 Å². The van der Waals surface area contributed by atoms with Gasteiger partial charge < -0.3 is 9.84 Å². The number of phenols is 1. The highest BCUT2D eigenvalue weighted by Gasteiger charge is 2.34. The van der Waals surface area contributed by atoms with E-state index in [1.807, 2.05) is 0 Å². The number of halogens is 2. The van der Waals surface area contributed by atoms with Crippen LogP contribution in [-0.2, 0) is 6.54 Å². The first kappa shape index (κ1) is 18.4. The van der Waals surface area contributed by atoms with Gasteiger partial charge >= 0.3 is 0 Å². The molecule has 27 heavy (non-hydrogen) atoms. The molecule has 0 atom stereocenters. The second-order valence-electron chi connectivity index (χ2n) is 6.98. The van der Waals surface area contributed by atoms with E-state index in [9.17, 15) is 9.90 Å². The highest BCUT2D eigenvalue weighted by Crippen LogP contribution is 2.42. The summed E-state index contributed by atoms with van der Waals surface area (Å²) >= 11 is 12.2. The van der Waals surface area contributed by atoms with Gasteiger partial charge in [0.25, 0.3) is 0 Å². The van der Waals surface area contributed by atoms with Crippen LogP contribution in [0.2, 0.25) is 10.0 Å². The maximum absolute atomic E-state index is 12.9. The Morgan fingerprint density at radius 1 is 1.22 bits per heavy atom. The van der Waals surface area contributed by atoms with E-state index in [0.717, 1.165) is 25.9 Å². The summed E-state index contributed by atoms with van der Waals surface area (Å²) in [7, 11) is 0. The van der Waals surface area contributed by atoms with Crippen molar-refractivity contribution in [3.63, 3.8) is 0 Å². The second kappa shape index (κ2) is 7.19. The maximum Gasteiger partial charge on any atom is 0.232 e. The molecule has 2 aliphatic heterocycles. The first-order valence-electron chi connectivity index (χ1n) is 8.91. The molecule has 0 saturated carbocycles. The van der Waals surface area contributed by atoms with Gasteiger partial charge in [0, 0.05) is 16.6 Å². The van der Waals surface area contributed by atoms with Crippen LogP contribution in [0.1, 0.15) is 39.9 Å². The predicted octanol–water partition coefficient (Wildman–Crippen LogP) is 5.22. The fraction of sp³-hybridized carbons (Fsp3) is 0.286. The van der Waals surface area contributed by atoms with Crippen LogP contribution in [-0.4, -0.2) is 28.9 Å². The van der Waals surface area contributed by atoms with Crippen LogP contribution in [0, 0.1) is 6.92 Å². The summed E-state index contributed by atoms with van der Waals surface area (Å²) in [6.45, 7) is 4.34. The Hall–Kier alpha value is -2.01. The van der Waals surface area contributed by atoms with E-state index in [2.05, 4.69) is 4.90 Å². The number of allylic oxidation sites excluding steroid dienone is 1. The van der Waals surface area contributed by atoms with Crippen molar-refractivity contribution in [2.75, 3.05) is 13.1 Å². The van der Waals surface area contributed by atoms with Crippen molar-refractivity contribution in [1.29, 1.82) is 0 Å². The van der Waals surface area contributed by atoms with Gasteiger partial charge in [-0.05, 0) is 68.3 Å². The number of fused-ring (bicyclic) bond motifs is 1. The number of Topliss-reactive ketones (excluding diaryl/α,β-unsaturated/α-hetero) is 1. The number of rotatable bonds is 3. The quantitative estimate of drug-likeness (QED) is 0.713. The number of carbonyl (C=O) groups is 1. The van der Waals surface area contributed by atoms with Crippen LogP contribution in [0.25, 0.3) is 6.08 Å². The van der Waals surface area contributed by atoms with Gasteiger partial charge in [-0.3, -0.25) is 9.69 Å². The number of aromatic hydroxyl groups is 1. The third-order valence-corrected chi connectivity index (χ3v) is 5.61. The molecule has 0 aliphatic carbocycles. The molecule has 0 aromatic heterocycles. The Balaban J connectivity index is 1.74. The van der Waals surface area contributed by atoms with E-state index in [-0.39, 0.29) is 17.3 Å². The molecule has 0 spiro atoms. The van der Waals surface area contributed by atoms with E-state index in [4.69, 9.17) is 27.9 Å². The Kier molecular flexibility index (Phi) is 4.89. The molecule has 1 fully saturated rings. The minimum absolute atomic E-state index is 0.164. The van der Waals surface area contributed by atoms with Crippen molar-refractivity contribution >= 4 is 35.1 Å². The number of likely N-dealkylation sites (tertiary alicyclic amines) is 1. The molecule has 4 nitrogen and oxygen atoms in total. The molecule has 0 amide bonds. The minimum atomic E-state index is -0.198. The Morgan fingerprint density at radius 3 is 2.67 bits per heavy atom. The predicted molar refractivity (Wildman–Crippen MR) is 107 cm³/mol. The van der Waals surface area contributed by atoms with E-state index >= 15 is 0 Å². The van der Waals surface area contributed by atoms with Gasteiger partial charge in [-0.1, -0.05) is 29.3 Å². The largest absolute Gasteiger partial charge is 0.507 e. The van der Waals surface area contributed by atoms with Crippen LogP contribution in [0.15, 0.2) is 30.0 Å². The van der Waals surface area contributed by atoms with Gasteiger partial charge in [0.05, 0.1) is 11.1 Å². The van der Waals surface area contributed by atoms with Crippen LogP contribution in [0.5, 0.6) is 11.5 Å². The molecular weight excluding hydrogens is 385 g/mol. The van der Waals surface area contributed by atoms with Crippen molar-refractivity contribution < 1.29 is 14.6 Å². The summed E-state index contributed by atoms with van der Waals surface area (Å²) in [6, 6.07) is 6.72. The van der Waals surface area contributed by atoms with E-state index in [0.29, 0.717) is 44.6 Å². The topological polar surface area (TPSA) is 49.8 Å². The molecular formula is C21H19Cl2NO3. The lowest BCUT2D eigenvalue weighted by Gasteiger charge is -2.18. The third kappa shape index (κ3) is 3.45. The Bertz CT molecular complexity index is 962. The standard InChI is InChI=1S/C21H19Cl2NO3/c1-12-8-17(25)15(11-24-6-2-3-7-24)21-19(12)20(26)18(27-21)9-13-4-5-14(22)10-16(13)23/h4-5,8-10,25H,2-3,6-7,11H2,1H3/b18-9-. The van der Waals surface area contributed by atoms with Gasteiger partial charge in [0.2, 0.25) is 5.78 Å². The fourth-order valence-corrected chi connectivity index (χ4v) is 4.12. The maximum atomic E-state index is 12.9. The lowest BCUT2D eigenvalue weighted by molar-refractivity contribution is 0.101. The van der Waals surface area contributed by atoms with E-state index in [1.54, 1.807) is 37.3 Å². The molecule has 140 valence electrons. The van der Waals surface area contributed by atoms with Crippen molar-refractivity contribution in [3.05, 3.63) is 62.3 Å². The van der Waals surface area contributed by atoms with Gasteiger partial charge in [0.15, 0.2) is 5.76 Å². The smallest absolute Gasteiger partial charge is 0.232 e.